The van der Waals surface area contributed by atoms with E-state index in [1.54, 1.807) is 0 Å². The van der Waals surface area contributed by atoms with Gasteiger partial charge in [0.2, 0.25) is 11.0 Å². The molecule has 1 heterocycles. The SMILES string of the molecule is CC[C@H](C)[C@H](N)C(=O)Nc1nnc(-c2ccc(Br)cc2)s1. The molecule has 3 N–H and O–H groups in total. The molecule has 0 aliphatic rings. The average Bonchev–Trinajstić information content (AvgIpc) is 2.94. The lowest BCUT2D eigenvalue weighted by Crippen LogP contribution is -2.40. The van der Waals surface area contributed by atoms with Crippen LogP contribution in [0.2, 0.25) is 0 Å². The molecule has 112 valence electrons. The first kappa shape index (κ1) is 16.1. The van der Waals surface area contributed by atoms with Gasteiger partial charge in [0.1, 0.15) is 5.01 Å². The number of nitrogens with two attached hydrogens (primary N) is 1. The molecule has 0 saturated heterocycles. The summed E-state index contributed by atoms with van der Waals surface area (Å²) in [6, 6.07) is 7.24. The first-order chi connectivity index (χ1) is 10.0. The van der Waals surface area contributed by atoms with Crippen LogP contribution in [0.15, 0.2) is 28.7 Å². The van der Waals surface area contributed by atoms with E-state index in [-0.39, 0.29) is 11.8 Å². The highest BCUT2D eigenvalue weighted by Crippen LogP contribution is 2.27. The Hall–Kier alpha value is -1.31. The molecule has 2 aromatic rings. The van der Waals surface area contributed by atoms with Gasteiger partial charge in [-0.25, -0.2) is 0 Å². The number of halogens is 1. The van der Waals surface area contributed by atoms with Crippen molar-refractivity contribution in [2.24, 2.45) is 11.7 Å². The highest BCUT2D eigenvalue weighted by molar-refractivity contribution is 9.10. The number of hydrogen-bond acceptors (Lipinski definition) is 5. The van der Waals surface area contributed by atoms with Crippen LogP contribution in [-0.4, -0.2) is 22.1 Å². The molecule has 1 aromatic carbocycles. The Balaban J connectivity index is 2.06. The lowest BCUT2D eigenvalue weighted by Gasteiger charge is -2.16. The lowest BCUT2D eigenvalue weighted by atomic mass is 10.00. The quantitative estimate of drug-likeness (QED) is 0.848. The zero-order valence-electron chi connectivity index (χ0n) is 11.8. The maximum atomic E-state index is 12.0. The van der Waals surface area contributed by atoms with Crippen molar-refractivity contribution in [2.75, 3.05) is 5.32 Å². The Morgan fingerprint density at radius 1 is 1.38 bits per heavy atom. The topological polar surface area (TPSA) is 80.9 Å². The van der Waals surface area contributed by atoms with Gasteiger partial charge in [-0.15, -0.1) is 10.2 Å². The first-order valence-electron chi connectivity index (χ1n) is 6.67. The number of hydrogen-bond donors (Lipinski definition) is 2. The van der Waals surface area contributed by atoms with Crippen LogP contribution in [0.4, 0.5) is 5.13 Å². The monoisotopic (exact) mass is 368 g/mol. The molecular weight excluding hydrogens is 352 g/mol. The number of rotatable bonds is 5. The van der Waals surface area contributed by atoms with E-state index in [1.807, 2.05) is 38.1 Å². The molecule has 0 saturated carbocycles. The molecule has 2 atom stereocenters. The average molecular weight is 369 g/mol. The molecule has 0 fully saturated rings. The van der Waals surface area contributed by atoms with Gasteiger partial charge in [0, 0.05) is 10.0 Å². The number of carbonyl (C=O) groups is 1. The predicted molar refractivity (Wildman–Crippen MR) is 89.1 cm³/mol. The van der Waals surface area contributed by atoms with E-state index in [4.69, 9.17) is 5.73 Å². The van der Waals surface area contributed by atoms with E-state index in [0.717, 1.165) is 21.5 Å². The number of nitrogens with zero attached hydrogens (tertiary/aromatic N) is 2. The molecule has 5 nitrogen and oxygen atoms in total. The van der Waals surface area contributed by atoms with Crippen molar-refractivity contribution in [3.8, 4) is 10.6 Å². The summed E-state index contributed by atoms with van der Waals surface area (Å²) in [5.74, 6) is -0.0910. The summed E-state index contributed by atoms with van der Waals surface area (Å²) < 4.78 is 1.00. The standard InChI is InChI=1S/C14H17BrN4OS/c1-3-8(2)11(16)12(20)17-14-19-18-13(21-14)9-4-6-10(15)7-5-9/h4-8,11H,3,16H2,1-2H3,(H,17,19,20)/t8-,11-/m0/s1. The second-order valence-electron chi connectivity index (χ2n) is 4.82. The van der Waals surface area contributed by atoms with Crippen LogP contribution in [0.1, 0.15) is 20.3 Å². The number of aromatic nitrogens is 2. The Labute approximate surface area is 136 Å². The van der Waals surface area contributed by atoms with Gasteiger partial charge in [-0.1, -0.05) is 59.7 Å². The predicted octanol–water partition coefficient (Wildman–Crippen LogP) is 3.28. The summed E-state index contributed by atoms with van der Waals surface area (Å²) in [4.78, 5) is 12.0. The normalized spacial score (nSPS) is 13.7. The first-order valence-corrected chi connectivity index (χ1v) is 8.28. The number of carbonyl (C=O) groups excluding carboxylic acids is 1. The second kappa shape index (κ2) is 7.11. The summed E-state index contributed by atoms with van der Waals surface area (Å²) in [5, 5.41) is 12.0. The highest BCUT2D eigenvalue weighted by Gasteiger charge is 2.20. The molecule has 0 unspecified atom stereocenters. The Morgan fingerprint density at radius 2 is 2.05 bits per heavy atom. The van der Waals surface area contributed by atoms with E-state index in [9.17, 15) is 4.79 Å². The maximum absolute atomic E-state index is 12.0. The number of benzene rings is 1. The number of amides is 1. The molecular formula is C14H17BrN4OS. The fraction of sp³-hybridized carbons (Fsp3) is 0.357. The fourth-order valence-corrected chi connectivity index (χ4v) is 2.70. The van der Waals surface area contributed by atoms with Gasteiger partial charge in [-0.3, -0.25) is 10.1 Å². The number of anilines is 1. The molecule has 1 amide bonds. The van der Waals surface area contributed by atoms with Crippen molar-refractivity contribution in [1.29, 1.82) is 0 Å². The highest BCUT2D eigenvalue weighted by atomic mass is 79.9. The second-order valence-corrected chi connectivity index (χ2v) is 6.71. The van der Waals surface area contributed by atoms with Crippen LogP contribution in [0.5, 0.6) is 0 Å². The van der Waals surface area contributed by atoms with Gasteiger partial charge in [0.25, 0.3) is 0 Å². The minimum absolute atomic E-state index is 0.129. The summed E-state index contributed by atoms with van der Waals surface area (Å²) >= 11 is 4.72. The Bertz CT molecular complexity index is 614. The third-order valence-corrected chi connectivity index (χ3v) is 4.72. The lowest BCUT2D eigenvalue weighted by molar-refractivity contribution is -0.118. The molecule has 21 heavy (non-hydrogen) atoms. The molecule has 0 radical (unpaired) electrons. The van der Waals surface area contributed by atoms with Gasteiger partial charge >= 0.3 is 0 Å². The van der Waals surface area contributed by atoms with Gasteiger partial charge in [0.05, 0.1) is 6.04 Å². The van der Waals surface area contributed by atoms with E-state index >= 15 is 0 Å². The zero-order valence-corrected chi connectivity index (χ0v) is 14.2. The van der Waals surface area contributed by atoms with Gasteiger partial charge in [0.15, 0.2) is 0 Å². The Kier molecular flexibility index (Phi) is 5.44. The van der Waals surface area contributed by atoms with Crippen LogP contribution in [0.3, 0.4) is 0 Å². The summed E-state index contributed by atoms with van der Waals surface area (Å²) in [6.07, 6.45) is 0.856. The molecule has 7 heteroatoms. The largest absolute Gasteiger partial charge is 0.320 e. The number of nitrogens with one attached hydrogen (secondary N) is 1. The van der Waals surface area contributed by atoms with Crippen molar-refractivity contribution in [3.63, 3.8) is 0 Å². The summed E-state index contributed by atoms with van der Waals surface area (Å²) in [7, 11) is 0. The minimum atomic E-state index is -0.532. The molecule has 2 rings (SSSR count). The Morgan fingerprint density at radius 3 is 2.67 bits per heavy atom. The van der Waals surface area contributed by atoms with Crippen LogP contribution in [0.25, 0.3) is 10.6 Å². The van der Waals surface area contributed by atoms with Gasteiger partial charge in [-0.2, -0.15) is 0 Å². The van der Waals surface area contributed by atoms with Crippen molar-refractivity contribution < 1.29 is 4.79 Å². The van der Waals surface area contributed by atoms with Crippen molar-refractivity contribution in [3.05, 3.63) is 28.7 Å². The van der Waals surface area contributed by atoms with Crippen LogP contribution < -0.4 is 11.1 Å². The fourth-order valence-electron chi connectivity index (χ4n) is 1.68. The van der Waals surface area contributed by atoms with Crippen molar-refractivity contribution in [2.45, 2.75) is 26.3 Å². The van der Waals surface area contributed by atoms with Crippen LogP contribution in [-0.2, 0) is 4.79 Å². The van der Waals surface area contributed by atoms with Gasteiger partial charge < -0.3 is 5.73 Å². The molecule has 0 aliphatic heterocycles. The van der Waals surface area contributed by atoms with Crippen LogP contribution >= 0.6 is 27.3 Å². The molecule has 0 spiro atoms. The van der Waals surface area contributed by atoms with Crippen LogP contribution in [0, 0.1) is 5.92 Å². The van der Waals surface area contributed by atoms with Gasteiger partial charge in [-0.05, 0) is 18.1 Å². The molecule has 0 aliphatic carbocycles. The van der Waals surface area contributed by atoms with E-state index < -0.39 is 6.04 Å². The molecule has 0 bridgehead atoms. The molecule has 1 aromatic heterocycles. The minimum Gasteiger partial charge on any atom is -0.320 e. The zero-order chi connectivity index (χ0) is 15.4. The summed E-state index contributed by atoms with van der Waals surface area (Å²) in [6.45, 7) is 3.96. The van der Waals surface area contributed by atoms with Crippen molar-refractivity contribution >= 4 is 38.3 Å². The van der Waals surface area contributed by atoms with E-state index in [2.05, 4.69) is 31.4 Å². The van der Waals surface area contributed by atoms with Crippen molar-refractivity contribution in [1.82, 2.24) is 10.2 Å². The van der Waals surface area contributed by atoms with E-state index in [0.29, 0.717) is 5.13 Å². The summed E-state index contributed by atoms with van der Waals surface area (Å²) in [5.41, 5.74) is 6.85. The van der Waals surface area contributed by atoms with E-state index in [1.165, 1.54) is 11.3 Å². The third-order valence-electron chi connectivity index (χ3n) is 3.31. The maximum Gasteiger partial charge on any atom is 0.243 e. The smallest absolute Gasteiger partial charge is 0.243 e. The third kappa shape index (κ3) is 4.09.